The van der Waals surface area contributed by atoms with Gasteiger partial charge in [0.1, 0.15) is 6.42 Å². The standard InChI is InChI=1S/C20H24N2O3/c1-15-8-6-7-11-17(15)21-19(24)14-20(25)22(2)13-12-18(23)16-9-4-3-5-10-16/h3-11,18,23H,12-14H2,1-2H3,(H,21,24)/t18-/m1/s1. The van der Waals surface area contributed by atoms with E-state index in [1.54, 1.807) is 13.1 Å². The molecular weight excluding hydrogens is 316 g/mol. The van der Waals surface area contributed by atoms with Gasteiger partial charge in [0, 0.05) is 19.3 Å². The summed E-state index contributed by atoms with van der Waals surface area (Å²) in [6.45, 7) is 2.28. The highest BCUT2D eigenvalue weighted by molar-refractivity contribution is 6.03. The predicted molar refractivity (Wildman–Crippen MR) is 98.1 cm³/mol. The second kappa shape index (κ2) is 8.99. The molecule has 0 radical (unpaired) electrons. The lowest BCUT2D eigenvalue weighted by Crippen LogP contribution is -2.32. The molecule has 25 heavy (non-hydrogen) atoms. The van der Waals surface area contributed by atoms with Crippen molar-refractivity contribution in [3.63, 3.8) is 0 Å². The van der Waals surface area contributed by atoms with Gasteiger partial charge in [-0.1, -0.05) is 48.5 Å². The third-order valence-electron chi connectivity index (χ3n) is 4.08. The van der Waals surface area contributed by atoms with E-state index >= 15 is 0 Å². The molecular formula is C20H24N2O3. The number of hydrogen-bond acceptors (Lipinski definition) is 3. The first-order valence-corrected chi connectivity index (χ1v) is 8.30. The average Bonchev–Trinajstić information content (AvgIpc) is 2.62. The maximum Gasteiger partial charge on any atom is 0.233 e. The summed E-state index contributed by atoms with van der Waals surface area (Å²) < 4.78 is 0. The molecule has 2 aromatic carbocycles. The molecule has 1 atom stereocenters. The van der Waals surface area contributed by atoms with Gasteiger partial charge >= 0.3 is 0 Å². The molecule has 5 nitrogen and oxygen atoms in total. The van der Waals surface area contributed by atoms with Crippen LogP contribution in [0.3, 0.4) is 0 Å². The molecule has 2 N–H and O–H groups in total. The molecule has 0 aromatic heterocycles. The minimum Gasteiger partial charge on any atom is -0.388 e. The Labute approximate surface area is 148 Å². The number of carbonyl (C=O) groups is 2. The molecule has 0 aliphatic heterocycles. The van der Waals surface area contributed by atoms with Gasteiger partial charge in [-0.05, 0) is 30.5 Å². The summed E-state index contributed by atoms with van der Waals surface area (Å²) in [5.74, 6) is -0.610. The summed E-state index contributed by atoms with van der Waals surface area (Å²) in [6, 6.07) is 16.7. The van der Waals surface area contributed by atoms with Crippen LogP contribution in [0.4, 0.5) is 5.69 Å². The fourth-order valence-corrected chi connectivity index (χ4v) is 2.46. The fraction of sp³-hybridized carbons (Fsp3) is 0.300. The lowest BCUT2D eigenvalue weighted by atomic mass is 10.1. The van der Waals surface area contributed by atoms with Crippen LogP contribution in [0.2, 0.25) is 0 Å². The number of aliphatic hydroxyl groups is 1. The molecule has 0 saturated heterocycles. The van der Waals surface area contributed by atoms with Crippen molar-refractivity contribution in [1.29, 1.82) is 0 Å². The molecule has 2 amide bonds. The SMILES string of the molecule is Cc1ccccc1NC(=O)CC(=O)N(C)CC[C@@H](O)c1ccccc1. The zero-order chi connectivity index (χ0) is 18.2. The quantitative estimate of drug-likeness (QED) is 0.762. The molecule has 0 aliphatic carbocycles. The van der Waals surface area contributed by atoms with E-state index < -0.39 is 6.10 Å². The number of aryl methyl sites for hydroxylation is 1. The highest BCUT2D eigenvalue weighted by Gasteiger charge is 2.16. The Bertz CT molecular complexity index is 716. The summed E-state index contributed by atoms with van der Waals surface area (Å²) in [7, 11) is 1.64. The fourth-order valence-electron chi connectivity index (χ4n) is 2.46. The van der Waals surface area contributed by atoms with Crippen molar-refractivity contribution in [1.82, 2.24) is 4.90 Å². The molecule has 2 aromatic rings. The van der Waals surface area contributed by atoms with E-state index in [1.165, 1.54) is 4.90 Å². The monoisotopic (exact) mass is 340 g/mol. The highest BCUT2D eigenvalue weighted by atomic mass is 16.3. The van der Waals surface area contributed by atoms with Crippen LogP contribution in [0.5, 0.6) is 0 Å². The van der Waals surface area contributed by atoms with Crippen LogP contribution in [-0.2, 0) is 9.59 Å². The van der Waals surface area contributed by atoms with Crippen molar-refractivity contribution in [3.05, 3.63) is 65.7 Å². The third kappa shape index (κ3) is 5.72. The van der Waals surface area contributed by atoms with Gasteiger partial charge in [0.05, 0.1) is 6.10 Å². The molecule has 5 heteroatoms. The number of nitrogens with one attached hydrogen (secondary N) is 1. The van der Waals surface area contributed by atoms with Crippen molar-refractivity contribution in [2.75, 3.05) is 18.9 Å². The zero-order valence-corrected chi connectivity index (χ0v) is 14.6. The smallest absolute Gasteiger partial charge is 0.233 e. The van der Waals surface area contributed by atoms with Crippen molar-refractivity contribution in [2.24, 2.45) is 0 Å². The van der Waals surface area contributed by atoms with Gasteiger partial charge in [-0.25, -0.2) is 0 Å². The molecule has 2 rings (SSSR count). The first-order chi connectivity index (χ1) is 12.0. The van der Waals surface area contributed by atoms with Crippen LogP contribution in [0.25, 0.3) is 0 Å². The minimum absolute atomic E-state index is 0.216. The Kier molecular flexibility index (Phi) is 6.71. The van der Waals surface area contributed by atoms with Crippen molar-refractivity contribution in [2.45, 2.75) is 25.9 Å². The molecule has 0 saturated carbocycles. The second-order valence-corrected chi connectivity index (χ2v) is 6.07. The number of nitrogens with zero attached hydrogens (tertiary/aromatic N) is 1. The summed E-state index contributed by atoms with van der Waals surface area (Å²) in [5.41, 5.74) is 2.48. The van der Waals surface area contributed by atoms with Crippen molar-refractivity contribution in [3.8, 4) is 0 Å². The number of anilines is 1. The van der Waals surface area contributed by atoms with Gasteiger partial charge < -0.3 is 15.3 Å². The maximum absolute atomic E-state index is 12.2. The Morgan fingerprint density at radius 2 is 1.72 bits per heavy atom. The molecule has 0 bridgehead atoms. The van der Waals surface area contributed by atoms with Gasteiger partial charge in [-0.2, -0.15) is 0 Å². The molecule has 0 unspecified atom stereocenters. The van der Waals surface area contributed by atoms with Crippen molar-refractivity contribution < 1.29 is 14.7 Å². The Hall–Kier alpha value is -2.66. The number of benzene rings is 2. The summed E-state index contributed by atoms with van der Waals surface area (Å²) >= 11 is 0. The lowest BCUT2D eigenvalue weighted by molar-refractivity contribution is -0.133. The summed E-state index contributed by atoms with van der Waals surface area (Å²) in [6.07, 6.45) is -0.421. The maximum atomic E-state index is 12.2. The molecule has 0 heterocycles. The van der Waals surface area contributed by atoms with E-state index in [4.69, 9.17) is 0 Å². The van der Waals surface area contributed by atoms with Gasteiger partial charge in [0.25, 0.3) is 0 Å². The van der Waals surface area contributed by atoms with E-state index in [0.717, 1.165) is 11.1 Å². The lowest BCUT2D eigenvalue weighted by Gasteiger charge is -2.19. The van der Waals surface area contributed by atoms with E-state index in [-0.39, 0.29) is 18.2 Å². The van der Waals surface area contributed by atoms with Crippen LogP contribution in [0, 0.1) is 6.92 Å². The van der Waals surface area contributed by atoms with Crippen LogP contribution in [0.15, 0.2) is 54.6 Å². The molecule has 132 valence electrons. The van der Waals surface area contributed by atoms with Crippen LogP contribution < -0.4 is 5.32 Å². The van der Waals surface area contributed by atoms with Gasteiger partial charge in [-0.3, -0.25) is 9.59 Å². The Morgan fingerprint density at radius 3 is 2.40 bits per heavy atom. The van der Waals surface area contributed by atoms with Crippen LogP contribution in [-0.4, -0.2) is 35.4 Å². The highest BCUT2D eigenvalue weighted by Crippen LogP contribution is 2.16. The largest absolute Gasteiger partial charge is 0.388 e. The van der Waals surface area contributed by atoms with Gasteiger partial charge in [0.15, 0.2) is 0 Å². The molecule has 0 aliphatic rings. The summed E-state index contributed by atoms with van der Waals surface area (Å²) in [5, 5.41) is 12.9. The number of rotatable bonds is 7. The number of carbonyl (C=O) groups excluding carboxylic acids is 2. The zero-order valence-electron chi connectivity index (χ0n) is 14.6. The number of aliphatic hydroxyl groups excluding tert-OH is 1. The van der Waals surface area contributed by atoms with E-state index in [2.05, 4.69) is 5.32 Å². The van der Waals surface area contributed by atoms with E-state index in [1.807, 2.05) is 55.5 Å². The number of hydrogen-bond donors (Lipinski definition) is 2. The number of amides is 2. The second-order valence-electron chi connectivity index (χ2n) is 6.07. The third-order valence-corrected chi connectivity index (χ3v) is 4.08. The Morgan fingerprint density at radius 1 is 1.08 bits per heavy atom. The first kappa shape index (κ1) is 18.7. The van der Waals surface area contributed by atoms with E-state index in [9.17, 15) is 14.7 Å². The van der Waals surface area contributed by atoms with Gasteiger partial charge in [0.2, 0.25) is 11.8 Å². The molecule has 0 fully saturated rings. The minimum atomic E-state index is -0.628. The van der Waals surface area contributed by atoms with Crippen LogP contribution in [0.1, 0.15) is 30.1 Å². The normalized spacial score (nSPS) is 11.6. The summed E-state index contributed by atoms with van der Waals surface area (Å²) in [4.78, 5) is 25.7. The Balaban J connectivity index is 1.80. The topological polar surface area (TPSA) is 69.6 Å². The number of para-hydroxylation sites is 1. The predicted octanol–water partition coefficient (Wildman–Crippen LogP) is 2.91. The van der Waals surface area contributed by atoms with Gasteiger partial charge in [-0.15, -0.1) is 0 Å². The van der Waals surface area contributed by atoms with Crippen LogP contribution >= 0.6 is 0 Å². The van der Waals surface area contributed by atoms with E-state index in [0.29, 0.717) is 18.7 Å². The molecule has 0 spiro atoms. The average molecular weight is 340 g/mol. The first-order valence-electron chi connectivity index (χ1n) is 8.30. The van der Waals surface area contributed by atoms with Crippen molar-refractivity contribution >= 4 is 17.5 Å².